The van der Waals surface area contributed by atoms with Crippen LogP contribution in [0.1, 0.15) is 12.5 Å². The monoisotopic (exact) mass is 324 g/mol. The molecule has 0 saturated carbocycles. The topological polar surface area (TPSA) is 56.5 Å². The van der Waals surface area contributed by atoms with Crippen molar-refractivity contribution in [3.05, 3.63) is 54.4 Å². The second-order valence-corrected chi connectivity index (χ2v) is 6.34. The van der Waals surface area contributed by atoms with Crippen LogP contribution in [0, 0.1) is 0 Å². The van der Waals surface area contributed by atoms with Crippen molar-refractivity contribution in [1.82, 2.24) is 9.55 Å². The minimum absolute atomic E-state index is 0.368. The van der Waals surface area contributed by atoms with Crippen molar-refractivity contribution in [2.45, 2.75) is 25.5 Å². The highest BCUT2D eigenvalue weighted by atomic mass is 16.5. The Balaban J connectivity index is 1.59. The van der Waals surface area contributed by atoms with Crippen molar-refractivity contribution >= 4 is 11.0 Å². The predicted octanol–water partition coefficient (Wildman–Crippen LogP) is 3.15. The summed E-state index contributed by atoms with van der Waals surface area (Å²) in [5.41, 5.74) is 2.32. The number of aromatic nitrogens is 2. The van der Waals surface area contributed by atoms with Crippen LogP contribution in [-0.2, 0) is 17.7 Å². The first kappa shape index (κ1) is 15.2. The van der Waals surface area contributed by atoms with E-state index in [1.165, 1.54) is 5.56 Å². The Labute approximate surface area is 140 Å². The minimum atomic E-state index is -0.791. The van der Waals surface area contributed by atoms with Crippen molar-refractivity contribution in [3.8, 4) is 11.5 Å². The summed E-state index contributed by atoms with van der Waals surface area (Å²) in [6.45, 7) is 3.34. The van der Waals surface area contributed by atoms with Gasteiger partial charge >= 0.3 is 0 Å². The zero-order valence-corrected chi connectivity index (χ0v) is 13.6. The fraction of sp³-hybridized carbons (Fsp3) is 0.316. The van der Waals surface area contributed by atoms with Crippen molar-refractivity contribution in [2.24, 2.45) is 0 Å². The van der Waals surface area contributed by atoms with Crippen molar-refractivity contribution in [2.75, 3.05) is 13.2 Å². The largest absolute Gasteiger partial charge is 0.457 e. The molecule has 0 aliphatic carbocycles. The highest BCUT2D eigenvalue weighted by Crippen LogP contribution is 2.27. The molecule has 3 aromatic rings. The van der Waals surface area contributed by atoms with Crippen LogP contribution < -0.4 is 4.74 Å². The summed E-state index contributed by atoms with van der Waals surface area (Å²) in [6.07, 6.45) is 2.76. The van der Waals surface area contributed by atoms with Crippen LogP contribution >= 0.6 is 0 Å². The van der Waals surface area contributed by atoms with Crippen molar-refractivity contribution < 1.29 is 14.6 Å². The molecule has 24 heavy (non-hydrogen) atoms. The summed E-state index contributed by atoms with van der Waals surface area (Å²) in [4.78, 5) is 4.39. The normalized spacial score (nSPS) is 16.1. The summed E-state index contributed by atoms with van der Waals surface area (Å²) >= 11 is 0. The SMILES string of the molecule is CCc1ccc(Oc2ccc3ncn(CC4(O)COC4)c3c2)cc1. The first-order valence-electron chi connectivity index (χ1n) is 8.17. The number of aliphatic hydroxyl groups is 1. The van der Waals surface area contributed by atoms with Gasteiger partial charge in [0.1, 0.15) is 17.1 Å². The summed E-state index contributed by atoms with van der Waals surface area (Å²) in [5.74, 6) is 1.56. The molecule has 5 nitrogen and oxygen atoms in total. The number of hydrogen-bond donors (Lipinski definition) is 1. The van der Waals surface area contributed by atoms with Gasteiger partial charge in [0.15, 0.2) is 0 Å². The minimum Gasteiger partial charge on any atom is -0.457 e. The first-order chi connectivity index (χ1) is 11.6. The van der Waals surface area contributed by atoms with Crippen molar-refractivity contribution in [1.29, 1.82) is 0 Å². The van der Waals surface area contributed by atoms with Crippen LogP contribution in [0.4, 0.5) is 0 Å². The van der Waals surface area contributed by atoms with Crippen LogP contribution in [0.15, 0.2) is 48.8 Å². The highest BCUT2D eigenvalue weighted by Gasteiger charge is 2.36. The fourth-order valence-electron chi connectivity index (χ4n) is 2.90. The molecule has 0 radical (unpaired) electrons. The quantitative estimate of drug-likeness (QED) is 0.783. The number of hydrogen-bond acceptors (Lipinski definition) is 4. The van der Waals surface area contributed by atoms with Crippen LogP contribution in [0.5, 0.6) is 11.5 Å². The lowest BCUT2D eigenvalue weighted by atomic mass is 10.0. The summed E-state index contributed by atoms with van der Waals surface area (Å²) in [7, 11) is 0. The molecule has 124 valence electrons. The van der Waals surface area contributed by atoms with E-state index in [2.05, 4.69) is 24.0 Å². The van der Waals surface area contributed by atoms with Gasteiger partial charge in [-0.05, 0) is 36.2 Å². The molecule has 0 atom stereocenters. The van der Waals surface area contributed by atoms with E-state index in [-0.39, 0.29) is 0 Å². The van der Waals surface area contributed by atoms with Gasteiger partial charge in [0.25, 0.3) is 0 Å². The average Bonchev–Trinajstić information content (AvgIpc) is 2.96. The molecule has 1 fully saturated rings. The number of benzene rings is 2. The molecule has 4 rings (SSSR count). The Morgan fingerprint density at radius 1 is 1.17 bits per heavy atom. The van der Waals surface area contributed by atoms with E-state index < -0.39 is 5.60 Å². The molecule has 5 heteroatoms. The molecule has 1 aliphatic rings. The number of fused-ring (bicyclic) bond motifs is 1. The van der Waals surface area contributed by atoms with E-state index in [0.29, 0.717) is 19.8 Å². The van der Waals surface area contributed by atoms with Gasteiger partial charge in [0.05, 0.1) is 37.1 Å². The van der Waals surface area contributed by atoms with Gasteiger partial charge in [0, 0.05) is 6.07 Å². The number of ether oxygens (including phenoxy) is 2. The molecular weight excluding hydrogens is 304 g/mol. The van der Waals surface area contributed by atoms with Crippen LogP contribution in [-0.4, -0.2) is 33.5 Å². The Kier molecular flexibility index (Phi) is 3.75. The van der Waals surface area contributed by atoms with Crippen LogP contribution in [0.3, 0.4) is 0 Å². The summed E-state index contributed by atoms with van der Waals surface area (Å²) in [5, 5.41) is 10.3. The second-order valence-electron chi connectivity index (χ2n) is 6.34. The molecule has 2 heterocycles. The van der Waals surface area contributed by atoms with Gasteiger partial charge in [0.2, 0.25) is 0 Å². The number of rotatable bonds is 5. The van der Waals surface area contributed by atoms with Gasteiger partial charge in [-0.15, -0.1) is 0 Å². The lowest BCUT2D eigenvalue weighted by Gasteiger charge is -2.36. The van der Waals surface area contributed by atoms with E-state index in [9.17, 15) is 5.11 Å². The van der Waals surface area contributed by atoms with E-state index >= 15 is 0 Å². The van der Waals surface area contributed by atoms with E-state index in [1.54, 1.807) is 6.33 Å². The summed E-state index contributed by atoms with van der Waals surface area (Å²) in [6, 6.07) is 13.9. The molecule has 2 aromatic carbocycles. The molecule has 0 unspecified atom stereocenters. The maximum absolute atomic E-state index is 10.3. The predicted molar refractivity (Wildman–Crippen MR) is 91.4 cm³/mol. The Bertz CT molecular complexity index is 851. The third-order valence-corrected chi connectivity index (χ3v) is 4.37. The van der Waals surface area contributed by atoms with Gasteiger partial charge in [-0.25, -0.2) is 4.98 Å². The standard InChI is InChI=1S/C19H20N2O3/c1-2-14-3-5-15(6-4-14)24-16-7-8-17-18(9-16)21(13-20-17)10-19(22)11-23-12-19/h3-9,13,22H,2,10-12H2,1H3. The van der Waals surface area contributed by atoms with E-state index in [4.69, 9.17) is 9.47 Å². The van der Waals surface area contributed by atoms with Gasteiger partial charge in [-0.2, -0.15) is 0 Å². The number of nitrogens with zero attached hydrogens (tertiary/aromatic N) is 2. The molecule has 1 aliphatic heterocycles. The lowest BCUT2D eigenvalue weighted by molar-refractivity contribution is -0.184. The molecular formula is C19H20N2O3. The Morgan fingerprint density at radius 3 is 2.58 bits per heavy atom. The summed E-state index contributed by atoms with van der Waals surface area (Å²) < 4.78 is 13.0. The zero-order valence-electron chi connectivity index (χ0n) is 13.6. The van der Waals surface area contributed by atoms with Crippen molar-refractivity contribution in [3.63, 3.8) is 0 Å². The van der Waals surface area contributed by atoms with Gasteiger partial charge < -0.3 is 19.1 Å². The van der Waals surface area contributed by atoms with Crippen LogP contribution in [0.2, 0.25) is 0 Å². The first-order valence-corrected chi connectivity index (χ1v) is 8.17. The van der Waals surface area contributed by atoms with Gasteiger partial charge in [-0.1, -0.05) is 19.1 Å². The van der Waals surface area contributed by atoms with E-state index in [0.717, 1.165) is 29.0 Å². The number of aryl methyl sites for hydroxylation is 1. The molecule has 0 amide bonds. The molecule has 0 spiro atoms. The highest BCUT2D eigenvalue weighted by molar-refractivity contribution is 5.77. The van der Waals surface area contributed by atoms with Gasteiger partial charge in [-0.3, -0.25) is 0 Å². The third-order valence-electron chi connectivity index (χ3n) is 4.37. The zero-order chi connectivity index (χ0) is 16.6. The Hall–Kier alpha value is -2.37. The molecule has 1 N–H and O–H groups in total. The molecule has 1 saturated heterocycles. The van der Waals surface area contributed by atoms with Crippen LogP contribution in [0.25, 0.3) is 11.0 Å². The Morgan fingerprint density at radius 2 is 1.92 bits per heavy atom. The number of imidazole rings is 1. The smallest absolute Gasteiger partial charge is 0.129 e. The lowest BCUT2D eigenvalue weighted by Crippen LogP contribution is -2.52. The average molecular weight is 324 g/mol. The van der Waals surface area contributed by atoms with E-state index in [1.807, 2.05) is 34.9 Å². The maximum Gasteiger partial charge on any atom is 0.129 e. The third kappa shape index (κ3) is 2.88. The fourth-order valence-corrected chi connectivity index (χ4v) is 2.90. The maximum atomic E-state index is 10.3. The molecule has 0 bridgehead atoms. The second kappa shape index (κ2) is 5.92. The molecule has 1 aromatic heterocycles.